The van der Waals surface area contributed by atoms with Gasteiger partial charge in [-0.1, -0.05) is 17.7 Å². The van der Waals surface area contributed by atoms with Crippen molar-refractivity contribution in [3.05, 3.63) is 59.7 Å². The van der Waals surface area contributed by atoms with Crippen LogP contribution in [0.4, 0.5) is 0 Å². The highest BCUT2D eigenvalue weighted by atomic mass is 16.4. The fraction of sp³-hybridized carbons (Fsp3) is 0.350. The normalized spacial score (nSPS) is 17.0. The van der Waals surface area contributed by atoms with Crippen molar-refractivity contribution in [2.24, 2.45) is 0 Å². The Morgan fingerprint density at radius 1 is 1.27 bits per heavy atom. The number of hydrogen-bond acceptors (Lipinski definition) is 4. The van der Waals surface area contributed by atoms with Gasteiger partial charge in [-0.15, -0.1) is 10.2 Å². The summed E-state index contributed by atoms with van der Waals surface area (Å²) in [6.45, 7) is 2.84. The largest absolute Gasteiger partial charge is 0.421 e. The Kier molecular flexibility index (Phi) is 4.56. The van der Waals surface area contributed by atoms with Crippen LogP contribution in [-0.4, -0.2) is 32.5 Å². The molecular formula is C20H22N4O2. The first-order valence-corrected chi connectivity index (χ1v) is 9.03. The number of aromatic nitrogens is 3. The molecule has 0 spiro atoms. The van der Waals surface area contributed by atoms with E-state index in [1.54, 1.807) is 0 Å². The topological polar surface area (TPSA) is 75.0 Å². The molecule has 0 saturated carbocycles. The van der Waals surface area contributed by atoms with Gasteiger partial charge in [-0.25, -0.2) is 0 Å². The molecule has 1 unspecified atom stereocenters. The summed E-state index contributed by atoms with van der Waals surface area (Å²) >= 11 is 0. The molecule has 4 rings (SSSR count). The molecule has 1 aliphatic heterocycles. The van der Waals surface area contributed by atoms with Crippen LogP contribution < -0.4 is 0 Å². The van der Waals surface area contributed by atoms with E-state index in [1.165, 1.54) is 5.56 Å². The Hall–Kier alpha value is -2.89. The lowest BCUT2D eigenvalue weighted by Gasteiger charge is -2.23. The van der Waals surface area contributed by atoms with Crippen molar-refractivity contribution in [1.82, 2.24) is 20.1 Å². The highest BCUT2D eigenvalue weighted by Gasteiger charge is 2.30. The predicted molar refractivity (Wildman–Crippen MR) is 97.3 cm³/mol. The first kappa shape index (κ1) is 16.6. The zero-order valence-electron chi connectivity index (χ0n) is 14.8. The molecule has 0 aliphatic carbocycles. The van der Waals surface area contributed by atoms with E-state index >= 15 is 0 Å². The monoisotopic (exact) mass is 350 g/mol. The summed E-state index contributed by atoms with van der Waals surface area (Å²) in [4.78, 5) is 17.9. The minimum atomic E-state index is 0.136. The highest BCUT2D eigenvalue weighted by Crippen LogP contribution is 2.31. The maximum absolute atomic E-state index is 12.7. The van der Waals surface area contributed by atoms with Crippen molar-refractivity contribution < 1.29 is 9.21 Å². The Labute approximate surface area is 152 Å². The first-order chi connectivity index (χ1) is 12.7. The van der Waals surface area contributed by atoms with Crippen LogP contribution in [0.2, 0.25) is 0 Å². The number of aromatic amines is 1. The van der Waals surface area contributed by atoms with Gasteiger partial charge in [0.25, 0.3) is 0 Å². The maximum Gasteiger partial charge on any atom is 0.247 e. The average Bonchev–Trinajstić information content (AvgIpc) is 3.40. The molecule has 0 radical (unpaired) electrons. The molecule has 0 bridgehead atoms. The summed E-state index contributed by atoms with van der Waals surface area (Å²) in [7, 11) is 0. The molecule has 1 N–H and O–H groups in total. The van der Waals surface area contributed by atoms with Crippen molar-refractivity contribution in [2.45, 2.75) is 38.6 Å². The van der Waals surface area contributed by atoms with E-state index in [0.717, 1.165) is 30.6 Å². The molecular weight excluding hydrogens is 328 g/mol. The number of nitrogens with zero attached hydrogens (tertiary/aromatic N) is 3. The van der Waals surface area contributed by atoms with Crippen molar-refractivity contribution >= 4 is 5.91 Å². The van der Waals surface area contributed by atoms with Crippen molar-refractivity contribution in [3.8, 4) is 11.5 Å². The van der Waals surface area contributed by atoms with E-state index in [-0.39, 0.29) is 11.9 Å². The third-order valence-corrected chi connectivity index (χ3v) is 4.87. The van der Waals surface area contributed by atoms with Gasteiger partial charge < -0.3 is 14.3 Å². The van der Waals surface area contributed by atoms with E-state index in [1.807, 2.05) is 54.4 Å². The number of nitrogens with one attached hydrogen (secondary N) is 1. The standard InChI is InChI=1S/C20H22N4O2/c1-14-6-8-15(9-7-14)20-23-22-18(26-20)10-11-19(25)24-13-3-5-17(24)16-4-2-12-21-16/h2,4,6-9,12,17,21H,3,5,10-11,13H2,1H3. The molecule has 1 atom stereocenters. The molecule has 3 heterocycles. The maximum atomic E-state index is 12.7. The number of carbonyl (C=O) groups is 1. The molecule has 6 nitrogen and oxygen atoms in total. The average molecular weight is 350 g/mol. The molecule has 2 aromatic heterocycles. The Morgan fingerprint density at radius 2 is 2.12 bits per heavy atom. The molecule has 6 heteroatoms. The van der Waals surface area contributed by atoms with Gasteiger partial charge in [0, 0.05) is 36.8 Å². The number of H-pyrrole nitrogens is 1. The van der Waals surface area contributed by atoms with Crippen LogP contribution in [0, 0.1) is 6.92 Å². The lowest BCUT2D eigenvalue weighted by Crippen LogP contribution is -2.30. The van der Waals surface area contributed by atoms with E-state index < -0.39 is 0 Å². The molecule has 26 heavy (non-hydrogen) atoms. The van der Waals surface area contributed by atoms with E-state index in [0.29, 0.717) is 24.6 Å². The number of rotatable bonds is 5. The van der Waals surface area contributed by atoms with Crippen LogP contribution in [0.3, 0.4) is 0 Å². The number of likely N-dealkylation sites (tertiary alicyclic amines) is 1. The van der Waals surface area contributed by atoms with Crippen LogP contribution >= 0.6 is 0 Å². The second-order valence-electron chi connectivity index (χ2n) is 6.74. The lowest BCUT2D eigenvalue weighted by molar-refractivity contribution is -0.132. The summed E-state index contributed by atoms with van der Waals surface area (Å²) in [5.41, 5.74) is 3.18. The van der Waals surface area contributed by atoms with Gasteiger partial charge >= 0.3 is 0 Å². The minimum absolute atomic E-state index is 0.136. The third-order valence-electron chi connectivity index (χ3n) is 4.87. The van der Waals surface area contributed by atoms with Crippen LogP contribution in [0.25, 0.3) is 11.5 Å². The van der Waals surface area contributed by atoms with Gasteiger partial charge in [0.1, 0.15) is 0 Å². The molecule has 1 aromatic carbocycles. The van der Waals surface area contributed by atoms with Gasteiger partial charge in [-0.05, 0) is 44.0 Å². The summed E-state index contributed by atoms with van der Waals surface area (Å²) in [5.74, 6) is 1.14. The fourth-order valence-corrected chi connectivity index (χ4v) is 3.46. The summed E-state index contributed by atoms with van der Waals surface area (Å²) in [6, 6.07) is 12.1. The first-order valence-electron chi connectivity index (χ1n) is 9.03. The SMILES string of the molecule is Cc1ccc(-c2nnc(CCC(=O)N3CCCC3c3ccc[nH]3)o2)cc1. The number of amides is 1. The van der Waals surface area contributed by atoms with Gasteiger partial charge in [-0.3, -0.25) is 4.79 Å². The molecule has 1 saturated heterocycles. The summed E-state index contributed by atoms with van der Waals surface area (Å²) in [6.07, 6.45) is 4.79. The molecule has 134 valence electrons. The van der Waals surface area contributed by atoms with Crippen LogP contribution in [0.1, 0.15) is 42.5 Å². The minimum Gasteiger partial charge on any atom is -0.421 e. The third kappa shape index (κ3) is 3.40. The molecule has 3 aromatic rings. The Bertz CT molecular complexity index is 868. The second-order valence-corrected chi connectivity index (χ2v) is 6.74. The lowest BCUT2D eigenvalue weighted by atomic mass is 10.1. The smallest absolute Gasteiger partial charge is 0.247 e. The molecule has 1 amide bonds. The molecule has 1 fully saturated rings. The van der Waals surface area contributed by atoms with Crippen molar-refractivity contribution in [1.29, 1.82) is 0 Å². The van der Waals surface area contributed by atoms with Crippen LogP contribution in [0.15, 0.2) is 47.0 Å². The predicted octanol–water partition coefficient (Wildman–Crippen LogP) is 3.67. The number of hydrogen-bond donors (Lipinski definition) is 1. The van der Waals surface area contributed by atoms with Crippen molar-refractivity contribution in [3.63, 3.8) is 0 Å². The van der Waals surface area contributed by atoms with E-state index in [4.69, 9.17) is 4.42 Å². The zero-order chi connectivity index (χ0) is 17.9. The number of benzene rings is 1. The van der Waals surface area contributed by atoms with Crippen LogP contribution in [-0.2, 0) is 11.2 Å². The highest BCUT2D eigenvalue weighted by molar-refractivity contribution is 5.77. The quantitative estimate of drug-likeness (QED) is 0.762. The van der Waals surface area contributed by atoms with E-state index in [2.05, 4.69) is 15.2 Å². The van der Waals surface area contributed by atoms with Crippen LogP contribution in [0.5, 0.6) is 0 Å². The Balaban J connectivity index is 1.38. The van der Waals surface area contributed by atoms with E-state index in [9.17, 15) is 4.79 Å². The summed E-state index contributed by atoms with van der Waals surface area (Å²) in [5, 5.41) is 8.19. The number of aryl methyl sites for hydroxylation is 2. The van der Waals surface area contributed by atoms with Gasteiger partial charge in [0.2, 0.25) is 17.7 Å². The van der Waals surface area contributed by atoms with Crippen molar-refractivity contribution in [2.75, 3.05) is 6.54 Å². The second kappa shape index (κ2) is 7.15. The van der Waals surface area contributed by atoms with Gasteiger partial charge in [0.15, 0.2) is 0 Å². The van der Waals surface area contributed by atoms with Gasteiger partial charge in [-0.2, -0.15) is 0 Å². The fourth-order valence-electron chi connectivity index (χ4n) is 3.46. The number of carbonyl (C=O) groups excluding carboxylic acids is 1. The Morgan fingerprint density at radius 3 is 2.88 bits per heavy atom. The summed E-state index contributed by atoms with van der Waals surface area (Å²) < 4.78 is 5.72. The molecule has 1 aliphatic rings. The van der Waals surface area contributed by atoms with Gasteiger partial charge in [0.05, 0.1) is 6.04 Å². The zero-order valence-corrected chi connectivity index (χ0v) is 14.8.